The number of carbonyl (C=O) groups excluding carboxylic acids is 1. The molecule has 0 aliphatic heterocycles. The lowest BCUT2D eigenvalue weighted by atomic mass is 10.1. The van der Waals surface area contributed by atoms with Crippen molar-refractivity contribution < 1.29 is 4.79 Å². The molecule has 0 fully saturated rings. The monoisotopic (exact) mass is 426 g/mol. The minimum Gasteiger partial charge on any atom is -0.325 e. The average Bonchev–Trinajstić information content (AvgIpc) is 3.08. The molecular formula is C22H26N4OS2. The molecule has 3 aromatic rings. The minimum absolute atomic E-state index is 0.0439. The molecule has 3 rings (SSSR count). The van der Waals surface area contributed by atoms with Gasteiger partial charge in [0.2, 0.25) is 5.91 Å². The molecule has 1 amide bonds. The molecule has 29 heavy (non-hydrogen) atoms. The maximum absolute atomic E-state index is 12.2. The standard InChI is InChI=1S/C22H26N4OS2/c1-4-17-9-11-19(12-10-17)23-21(27)15-29-22-25-24-20(26(22)3)14-28-13-18-7-5-16(2)6-8-18/h5-12H,4,13-15H2,1-3H3,(H,23,27). The molecule has 0 bridgehead atoms. The van der Waals surface area contributed by atoms with Crippen LogP contribution in [-0.2, 0) is 29.8 Å². The Labute approximate surface area is 180 Å². The van der Waals surface area contributed by atoms with E-state index in [9.17, 15) is 4.79 Å². The number of rotatable bonds is 9. The van der Waals surface area contributed by atoms with Crippen molar-refractivity contribution in [3.8, 4) is 0 Å². The first-order valence-corrected chi connectivity index (χ1v) is 11.7. The first-order valence-electron chi connectivity index (χ1n) is 9.58. The molecule has 152 valence electrons. The van der Waals surface area contributed by atoms with E-state index in [2.05, 4.69) is 53.6 Å². The second-order valence-corrected chi connectivity index (χ2v) is 8.75. The second kappa shape index (κ2) is 10.5. The molecular weight excluding hydrogens is 400 g/mol. The van der Waals surface area contributed by atoms with Crippen LogP contribution in [0, 0.1) is 6.92 Å². The molecule has 5 nitrogen and oxygen atoms in total. The summed E-state index contributed by atoms with van der Waals surface area (Å²) in [5.74, 6) is 2.90. The molecule has 0 saturated carbocycles. The Morgan fingerprint density at radius 1 is 1.00 bits per heavy atom. The number of thioether (sulfide) groups is 2. The number of hydrogen-bond donors (Lipinski definition) is 1. The first-order chi connectivity index (χ1) is 14.0. The molecule has 2 aromatic carbocycles. The van der Waals surface area contributed by atoms with E-state index in [0.717, 1.165) is 34.6 Å². The molecule has 0 unspecified atom stereocenters. The van der Waals surface area contributed by atoms with E-state index in [0.29, 0.717) is 5.75 Å². The topological polar surface area (TPSA) is 59.8 Å². The van der Waals surface area contributed by atoms with Gasteiger partial charge in [-0.3, -0.25) is 4.79 Å². The predicted octanol–water partition coefficient (Wildman–Crippen LogP) is 4.85. The van der Waals surface area contributed by atoms with E-state index in [4.69, 9.17) is 0 Å². The van der Waals surface area contributed by atoms with Gasteiger partial charge in [-0.2, -0.15) is 0 Å². The van der Waals surface area contributed by atoms with Gasteiger partial charge in [0, 0.05) is 18.5 Å². The normalized spacial score (nSPS) is 10.9. The van der Waals surface area contributed by atoms with Crippen LogP contribution >= 0.6 is 23.5 Å². The lowest BCUT2D eigenvalue weighted by Crippen LogP contribution is -2.14. The number of anilines is 1. The highest BCUT2D eigenvalue weighted by Crippen LogP contribution is 2.21. The van der Waals surface area contributed by atoms with Crippen molar-refractivity contribution in [2.45, 2.75) is 36.9 Å². The summed E-state index contributed by atoms with van der Waals surface area (Å²) in [6.07, 6.45) is 0.988. The molecule has 1 aromatic heterocycles. The number of carbonyl (C=O) groups is 1. The molecule has 0 spiro atoms. The Balaban J connectivity index is 1.45. The van der Waals surface area contributed by atoms with Gasteiger partial charge in [0.1, 0.15) is 5.82 Å². The Morgan fingerprint density at radius 2 is 1.69 bits per heavy atom. The van der Waals surface area contributed by atoms with Crippen LogP contribution in [0.2, 0.25) is 0 Å². The third-order valence-corrected chi connectivity index (χ3v) is 6.54. The Morgan fingerprint density at radius 3 is 2.38 bits per heavy atom. The van der Waals surface area contributed by atoms with Crippen molar-refractivity contribution in [3.63, 3.8) is 0 Å². The molecule has 1 heterocycles. The molecule has 0 atom stereocenters. The summed E-state index contributed by atoms with van der Waals surface area (Å²) in [5, 5.41) is 12.2. The van der Waals surface area contributed by atoms with E-state index >= 15 is 0 Å². The van der Waals surface area contributed by atoms with Gasteiger partial charge in [0.25, 0.3) is 0 Å². The quantitative estimate of drug-likeness (QED) is 0.496. The fourth-order valence-corrected chi connectivity index (χ4v) is 4.39. The molecule has 0 radical (unpaired) electrons. The third-order valence-electron chi connectivity index (χ3n) is 4.52. The van der Waals surface area contributed by atoms with E-state index < -0.39 is 0 Å². The zero-order valence-electron chi connectivity index (χ0n) is 17.0. The molecule has 1 N–H and O–H groups in total. The van der Waals surface area contributed by atoms with Gasteiger partial charge < -0.3 is 9.88 Å². The van der Waals surface area contributed by atoms with Crippen molar-refractivity contribution >= 4 is 35.1 Å². The van der Waals surface area contributed by atoms with Gasteiger partial charge in [0.05, 0.1) is 11.5 Å². The Hall–Kier alpha value is -2.25. The molecule has 7 heteroatoms. The van der Waals surface area contributed by atoms with Crippen LogP contribution in [0.3, 0.4) is 0 Å². The second-order valence-electron chi connectivity index (χ2n) is 6.82. The number of aryl methyl sites for hydroxylation is 2. The number of aromatic nitrogens is 3. The largest absolute Gasteiger partial charge is 0.325 e. The van der Waals surface area contributed by atoms with Crippen molar-refractivity contribution in [2.24, 2.45) is 7.05 Å². The highest BCUT2D eigenvalue weighted by atomic mass is 32.2. The van der Waals surface area contributed by atoms with Gasteiger partial charge >= 0.3 is 0 Å². The van der Waals surface area contributed by atoms with Crippen LogP contribution < -0.4 is 5.32 Å². The third kappa shape index (κ3) is 6.37. The SMILES string of the molecule is CCc1ccc(NC(=O)CSc2nnc(CSCc3ccc(C)cc3)n2C)cc1. The summed E-state index contributed by atoms with van der Waals surface area (Å²) in [6, 6.07) is 16.5. The van der Waals surface area contributed by atoms with Crippen LogP contribution in [0.4, 0.5) is 5.69 Å². The zero-order valence-corrected chi connectivity index (χ0v) is 18.6. The zero-order chi connectivity index (χ0) is 20.6. The highest BCUT2D eigenvalue weighted by Gasteiger charge is 2.12. The van der Waals surface area contributed by atoms with Crippen LogP contribution in [0.25, 0.3) is 0 Å². The summed E-state index contributed by atoms with van der Waals surface area (Å²) in [5.41, 5.74) is 4.65. The van der Waals surface area contributed by atoms with Crippen molar-refractivity contribution in [1.82, 2.24) is 14.8 Å². The van der Waals surface area contributed by atoms with Gasteiger partial charge in [-0.15, -0.1) is 22.0 Å². The summed E-state index contributed by atoms with van der Waals surface area (Å²) in [7, 11) is 1.95. The maximum atomic E-state index is 12.2. The van der Waals surface area contributed by atoms with Crippen molar-refractivity contribution in [3.05, 3.63) is 71.0 Å². The fraction of sp³-hybridized carbons (Fsp3) is 0.318. The number of nitrogens with zero attached hydrogens (tertiary/aromatic N) is 3. The van der Waals surface area contributed by atoms with Crippen LogP contribution in [0.15, 0.2) is 53.7 Å². The van der Waals surface area contributed by atoms with E-state index in [-0.39, 0.29) is 5.91 Å². The Kier molecular flexibility index (Phi) is 7.77. The average molecular weight is 427 g/mol. The summed E-state index contributed by atoms with van der Waals surface area (Å²) in [6.45, 7) is 4.21. The van der Waals surface area contributed by atoms with Crippen molar-refractivity contribution in [1.29, 1.82) is 0 Å². The smallest absolute Gasteiger partial charge is 0.234 e. The van der Waals surface area contributed by atoms with Crippen LogP contribution in [0.1, 0.15) is 29.4 Å². The first kappa shape index (κ1) is 21.5. The maximum Gasteiger partial charge on any atom is 0.234 e. The number of nitrogens with one attached hydrogen (secondary N) is 1. The van der Waals surface area contributed by atoms with Gasteiger partial charge in [-0.05, 0) is 36.6 Å². The van der Waals surface area contributed by atoms with E-state index in [1.165, 1.54) is 28.5 Å². The Bertz CT molecular complexity index is 936. The van der Waals surface area contributed by atoms with Gasteiger partial charge in [0.15, 0.2) is 5.16 Å². The number of benzene rings is 2. The van der Waals surface area contributed by atoms with Gasteiger partial charge in [-0.25, -0.2) is 0 Å². The minimum atomic E-state index is -0.0439. The van der Waals surface area contributed by atoms with E-state index in [1.807, 2.05) is 47.6 Å². The highest BCUT2D eigenvalue weighted by molar-refractivity contribution is 7.99. The predicted molar refractivity (Wildman–Crippen MR) is 122 cm³/mol. The molecule has 0 saturated heterocycles. The van der Waals surface area contributed by atoms with Crippen LogP contribution in [0.5, 0.6) is 0 Å². The van der Waals surface area contributed by atoms with Crippen molar-refractivity contribution in [2.75, 3.05) is 11.1 Å². The fourth-order valence-electron chi connectivity index (χ4n) is 2.69. The van der Waals surface area contributed by atoms with E-state index in [1.54, 1.807) is 0 Å². The van der Waals surface area contributed by atoms with Gasteiger partial charge in [-0.1, -0.05) is 60.6 Å². The summed E-state index contributed by atoms with van der Waals surface area (Å²) in [4.78, 5) is 12.2. The summed E-state index contributed by atoms with van der Waals surface area (Å²) >= 11 is 3.21. The summed E-state index contributed by atoms with van der Waals surface area (Å²) < 4.78 is 1.97. The number of amides is 1. The molecule has 0 aliphatic carbocycles. The lowest BCUT2D eigenvalue weighted by Gasteiger charge is -2.06. The number of hydrogen-bond acceptors (Lipinski definition) is 5. The van der Waals surface area contributed by atoms with Crippen LogP contribution in [-0.4, -0.2) is 26.4 Å². The molecule has 0 aliphatic rings. The lowest BCUT2D eigenvalue weighted by molar-refractivity contribution is -0.113.